The minimum Gasteiger partial charge on any atom is -0.352 e. The highest BCUT2D eigenvalue weighted by Crippen LogP contribution is 2.44. The molecule has 0 saturated heterocycles. The molecule has 4 rings (SSSR count). The summed E-state index contributed by atoms with van der Waals surface area (Å²) in [6.07, 6.45) is 1.72. The molecule has 1 heterocycles. The van der Waals surface area contributed by atoms with Crippen LogP contribution in [0, 0.1) is 24.1 Å². The molecule has 32 heavy (non-hydrogen) atoms. The molecule has 0 bridgehead atoms. The van der Waals surface area contributed by atoms with Gasteiger partial charge in [0, 0.05) is 28.9 Å². The summed E-state index contributed by atoms with van der Waals surface area (Å²) >= 11 is 1.19. The van der Waals surface area contributed by atoms with Gasteiger partial charge in [-0.3, -0.25) is 9.59 Å². The molecule has 0 fully saturated rings. The number of thioether (sulfide) groups is 1. The van der Waals surface area contributed by atoms with Gasteiger partial charge in [0.25, 0.3) is 0 Å². The van der Waals surface area contributed by atoms with Gasteiger partial charge < -0.3 is 10.6 Å². The lowest BCUT2D eigenvalue weighted by Gasteiger charge is -2.33. The van der Waals surface area contributed by atoms with Crippen molar-refractivity contribution in [2.24, 2.45) is 0 Å². The minimum atomic E-state index is -0.770. The number of benzene rings is 2. The molecule has 0 radical (unpaired) electrons. The van der Waals surface area contributed by atoms with Crippen molar-refractivity contribution in [3.8, 4) is 6.07 Å². The Morgan fingerprint density at radius 2 is 1.97 bits per heavy atom. The van der Waals surface area contributed by atoms with Crippen molar-refractivity contribution in [3.63, 3.8) is 0 Å². The summed E-state index contributed by atoms with van der Waals surface area (Å²) < 4.78 is 14.7. The highest BCUT2D eigenvalue weighted by molar-refractivity contribution is 8.03. The number of carbonyl (C=O) groups excluding carboxylic acids is 2. The number of allylic oxidation sites excluding steroid dienone is 3. The maximum atomic E-state index is 14.7. The van der Waals surface area contributed by atoms with Gasteiger partial charge in [-0.05, 0) is 38.0 Å². The zero-order chi connectivity index (χ0) is 22.7. The molecule has 0 aromatic heterocycles. The fourth-order valence-corrected chi connectivity index (χ4v) is 4.89. The Hall–Kier alpha value is -3.37. The number of anilines is 1. The quantitative estimate of drug-likeness (QED) is 0.679. The summed E-state index contributed by atoms with van der Waals surface area (Å²) in [5.41, 5.74) is 3.53. The lowest BCUT2D eigenvalue weighted by molar-refractivity contribution is -0.116. The van der Waals surface area contributed by atoms with Gasteiger partial charge in [-0.25, -0.2) is 4.39 Å². The first-order valence-corrected chi connectivity index (χ1v) is 11.4. The van der Waals surface area contributed by atoms with Crippen LogP contribution >= 0.6 is 11.8 Å². The van der Waals surface area contributed by atoms with Crippen LogP contribution in [0.1, 0.15) is 36.3 Å². The van der Waals surface area contributed by atoms with Crippen molar-refractivity contribution >= 4 is 29.1 Å². The Labute approximate surface area is 190 Å². The van der Waals surface area contributed by atoms with E-state index in [0.29, 0.717) is 41.1 Å². The van der Waals surface area contributed by atoms with Gasteiger partial charge in [-0.2, -0.15) is 5.26 Å². The molecule has 2 aromatic carbocycles. The van der Waals surface area contributed by atoms with Crippen molar-refractivity contribution in [2.75, 3.05) is 11.1 Å². The molecule has 1 aliphatic carbocycles. The van der Waals surface area contributed by atoms with Crippen molar-refractivity contribution in [1.29, 1.82) is 5.26 Å². The van der Waals surface area contributed by atoms with Crippen LogP contribution in [0.25, 0.3) is 0 Å². The topological polar surface area (TPSA) is 82.0 Å². The van der Waals surface area contributed by atoms with Crippen LogP contribution in [-0.4, -0.2) is 17.4 Å². The summed E-state index contributed by atoms with van der Waals surface area (Å²) in [7, 11) is 0. The fourth-order valence-electron chi connectivity index (χ4n) is 4.03. The van der Waals surface area contributed by atoms with Crippen LogP contribution in [0.15, 0.2) is 70.4 Å². The van der Waals surface area contributed by atoms with Crippen molar-refractivity contribution in [1.82, 2.24) is 5.32 Å². The third-order valence-electron chi connectivity index (χ3n) is 5.56. The smallest absolute Gasteiger partial charge is 0.234 e. The van der Waals surface area contributed by atoms with Gasteiger partial charge in [0.1, 0.15) is 5.82 Å². The zero-order valence-corrected chi connectivity index (χ0v) is 18.4. The van der Waals surface area contributed by atoms with Gasteiger partial charge in [-0.15, -0.1) is 0 Å². The monoisotopic (exact) mass is 447 g/mol. The molecular weight excluding hydrogens is 425 g/mol. The summed E-state index contributed by atoms with van der Waals surface area (Å²) in [5.74, 6) is -1.44. The molecule has 2 N–H and O–H groups in total. The van der Waals surface area contributed by atoms with Crippen molar-refractivity contribution < 1.29 is 14.0 Å². The summed E-state index contributed by atoms with van der Waals surface area (Å²) in [6.45, 7) is 1.97. The number of rotatable bonds is 5. The number of amides is 1. The molecule has 0 unspecified atom stereocenters. The second-order valence-electron chi connectivity index (χ2n) is 7.81. The van der Waals surface area contributed by atoms with Gasteiger partial charge in [0.2, 0.25) is 5.91 Å². The van der Waals surface area contributed by atoms with Crippen LogP contribution in [-0.2, 0) is 9.59 Å². The van der Waals surface area contributed by atoms with E-state index in [4.69, 9.17) is 0 Å². The van der Waals surface area contributed by atoms with E-state index in [1.165, 1.54) is 17.8 Å². The van der Waals surface area contributed by atoms with Crippen molar-refractivity contribution in [3.05, 3.63) is 87.3 Å². The molecule has 5 nitrogen and oxygen atoms in total. The third-order valence-corrected chi connectivity index (χ3v) is 6.58. The number of halogens is 1. The van der Waals surface area contributed by atoms with Crippen LogP contribution in [0.2, 0.25) is 0 Å². The van der Waals surface area contributed by atoms with Gasteiger partial charge >= 0.3 is 0 Å². The van der Waals surface area contributed by atoms with E-state index < -0.39 is 11.7 Å². The number of hydrogen-bond acceptors (Lipinski definition) is 5. The molecular formula is C25H22FN3O2S. The number of carbonyl (C=O) groups is 2. The lowest BCUT2D eigenvalue weighted by atomic mass is 9.76. The van der Waals surface area contributed by atoms with E-state index in [1.807, 2.05) is 31.2 Å². The van der Waals surface area contributed by atoms with E-state index >= 15 is 0 Å². The molecule has 7 heteroatoms. The predicted octanol–water partition coefficient (Wildman–Crippen LogP) is 4.94. The Kier molecular flexibility index (Phi) is 6.42. The van der Waals surface area contributed by atoms with Crippen LogP contribution in [0.4, 0.5) is 10.1 Å². The molecule has 2 aliphatic rings. The Bertz CT molecular complexity index is 1180. The summed E-state index contributed by atoms with van der Waals surface area (Å²) in [5, 5.41) is 16.5. The fraction of sp³-hybridized carbons (Fsp3) is 0.240. The number of dihydropyridines is 1. The van der Waals surface area contributed by atoms with E-state index in [2.05, 4.69) is 16.7 Å². The van der Waals surface area contributed by atoms with Gasteiger partial charge in [0.15, 0.2) is 5.78 Å². The summed E-state index contributed by atoms with van der Waals surface area (Å²) in [4.78, 5) is 25.2. The molecule has 162 valence electrons. The second-order valence-corrected chi connectivity index (χ2v) is 8.79. The zero-order valence-electron chi connectivity index (χ0n) is 17.6. The average Bonchev–Trinajstić information content (AvgIpc) is 2.79. The molecule has 0 spiro atoms. The first-order valence-electron chi connectivity index (χ1n) is 10.4. The molecule has 2 aromatic rings. The first-order chi connectivity index (χ1) is 15.5. The van der Waals surface area contributed by atoms with E-state index in [1.54, 1.807) is 18.2 Å². The molecule has 1 amide bonds. The van der Waals surface area contributed by atoms with E-state index in [9.17, 15) is 19.2 Å². The maximum Gasteiger partial charge on any atom is 0.234 e. The van der Waals surface area contributed by atoms with Gasteiger partial charge in [-0.1, -0.05) is 47.7 Å². The first kappa shape index (κ1) is 21.8. The Morgan fingerprint density at radius 1 is 1.22 bits per heavy atom. The lowest BCUT2D eigenvalue weighted by Crippen LogP contribution is -2.32. The van der Waals surface area contributed by atoms with Crippen LogP contribution in [0.3, 0.4) is 0 Å². The van der Waals surface area contributed by atoms with Gasteiger partial charge in [0.05, 0.1) is 28.3 Å². The van der Waals surface area contributed by atoms with Crippen LogP contribution in [0.5, 0.6) is 0 Å². The average molecular weight is 448 g/mol. The molecule has 1 atom stereocenters. The summed E-state index contributed by atoms with van der Waals surface area (Å²) in [6, 6.07) is 15.9. The SMILES string of the molecule is Cc1ccc(NC(=O)CSC2=C(C#N)[C@H](c3ccccc3F)C3=C(CCCC3=O)N2)cc1. The predicted molar refractivity (Wildman–Crippen MR) is 123 cm³/mol. The van der Waals surface area contributed by atoms with E-state index in [0.717, 1.165) is 11.3 Å². The maximum absolute atomic E-state index is 14.7. The Morgan fingerprint density at radius 3 is 2.69 bits per heavy atom. The number of nitriles is 1. The number of aryl methyl sites for hydroxylation is 1. The Balaban J connectivity index is 1.62. The van der Waals surface area contributed by atoms with E-state index in [-0.39, 0.29) is 23.0 Å². The number of nitrogens with zero attached hydrogens (tertiary/aromatic N) is 1. The number of hydrogen-bond donors (Lipinski definition) is 2. The second kappa shape index (κ2) is 9.41. The third kappa shape index (κ3) is 4.46. The van der Waals surface area contributed by atoms with Crippen LogP contribution < -0.4 is 10.6 Å². The van der Waals surface area contributed by atoms with Crippen molar-refractivity contribution in [2.45, 2.75) is 32.1 Å². The number of nitrogens with one attached hydrogen (secondary N) is 2. The minimum absolute atomic E-state index is 0.0686. The standard InChI is InChI=1S/C25H22FN3O2S/c1-15-9-11-16(12-10-15)28-22(31)14-32-25-18(13-27)23(17-5-2-3-6-19(17)26)24-20(29-25)7-4-8-21(24)30/h2-3,5-6,9-12,23,29H,4,7-8,14H2,1H3,(H,28,31)/t23-/m0/s1. The highest BCUT2D eigenvalue weighted by atomic mass is 32.2. The number of ketones is 1. The molecule has 1 aliphatic heterocycles. The normalized spacial score (nSPS) is 18.0. The largest absolute Gasteiger partial charge is 0.352 e. The molecule has 0 saturated carbocycles. The number of Topliss-reactive ketones (excluding diaryl/α,β-unsaturated/α-hetero) is 1. The highest BCUT2D eigenvalue weighted by Gasteiger charge is 2.38.